The number of hydrogen-bond acceptors (Lipinski definition) is 4. The molecule has 0 aliphatic rings. The maximum Gasteiger partial charge on any atom is 0.244 e. The summed E-state index contributed by atoms with van der Waals surface area (Å²) in [5.74, 6) is 0.276. The fourth-order valence-electron chi connectivity index (χ4n) is 1.51. The van der Waals surface area contributed by atoms with Crippen molar-refractivity contribution >= 4 is 34.0 Å². The first-order valence-corrected chi connectivity index (χ1v) is 7.91. The summed E-state index contributed by atoms with van der Waals surface area (Å²) in [5.41, 5.74) is 0. The molecule has 5 nitrogen and oxygen atoms in total. The average Bonchev–Trinajstić information content (AvgIpc) is 2.38. The molecule has 0 spiro atoms. The van der Waals surface area contributed by atoms with Gasteiger partial charge in [0.1, 0.15) is 10.6 Å². The van der Waals surface area contributed by atoms with E-state index in [-0.39, 0.29) is 23.1 Å². The molecule has 0 heterocycles. The fraction of sp³-hybridized carbons (Fsp3) is 0.500. The third kappa shape index (κ3) is 5.85. The van der Waals surface area contributed by atoms with Crippen molar-refractivity contribution in [1.29, 1.82) is 0 Å². The van der Waals surface area contributed by atoms with E-state index >= 15 is 0 Å². The smallest absolute Gasteiger partial charge is 0.244 e. The number of nitrogens with one attached hydrogen (secondary N) is 2. The Morgan fingerprint density at radius 1 is 1.25 bits per heavy atom. The molecular weight excluding hydrogens is 323 g/mol. The SMILES string of the molecule is CCCNCCNS(=O)(=O)c1cc(Cl)ccc1OC.Cl. The molecule has 0 radical (unpaired) electrons. The normalized spacial score (nSPS) is 10.9. The van der Waals surface area contributed by atoms with E-state index in [1.807, 2.05) is 6.92 Å². The Morgan fingerprint density at radius 2 is 1.95 bits per heavy atom. The highest BCUT2D eigenvalue weighted by Gasteiger charge is 2.19. The summed E-state index contributed by atoms with van der Waals surface area (Å²) in [5, 5.41) is 3.47. The fourth-order valence-corrected chi connectivity index (χ4v) is 2.98. The summed E-state index contributed by atoms with van der Waals surface area (Å²) in [6, 6.07) is 4.50. The van der Waals surface area contributed by atoms with Gasteiger partial charge in [-0.3, -0.25) is 0 Å². The molecule has 0 saturated carbocycles. The zero-order chi connectivity index (χ0) is 14.3. The molecule has 0 aliphatic carbocycles. The molecule has 0 atom stereocenters. The second kappa shape index (κ2) is 9.41. The minimum absolute atomic E-state index is 0. The van der Waals surface area contributed by atoms with Gasteiger partial charge in [-0.15, -0.1) is 12.4 Å². The third-order valence-electron chi connectivity index (χ3n) is 2.44. The summed E-state index contributed by atoms with van der Waals surface area (Å²) in [6.07, 6.45) is 1.01. The van der Waals surface area contributed by atoms with E-state index in [2.05, 4.69) is 10.0 Å². The minimum atomic E-state index is -3.61. The first kappa shape index (κ1) is 19.5. The lowest BCUT2D eigenvalue weighted by molar-refractivity contribution is 0.402. The molecule has 0 amide bonds. The maximum atomic E-state index is 12.1. The number of rotatable bonds is 8. The zero-order valence-electron chi connectivity index (χ0n) is 11.5. The van der Waals surface area contributed by atoms with Crippen molar-refractivity contribution in [2.45, 2.75) is 18.2 Å². The van der Waals surface area contributed by atoms with Crippen LogP contribution in [0.5, 0.6) is 5.75 Å². The molecule has 1 aromatic carbocycles. The van der Waals surface area contributed by atoms with E-state index in [1.165, 1.54) is 19.2 Å². The van der Waals surface area contributed by atoms with Crippen LogP contribution in [0.3, 0.4) is 0 Å². The van der Waals surface area contributed by atoms with Crippen molar-refractivity contribution in [2.75, 3.05) is 26.7 Å². The first-order chi connectivity index (χ1) is 9.01. The van der Waals surface area contributed by atoms with Gasteiger partial charge in [0.15, 0.2) is 0 Å². The summed E-state index contributed by atoms with van der Waals surface area (Å²) in [6.45, 7) is 3.81. The Bertz CT molecular complexity index is 509. The lowest BCUT2D eigenvalue weighted by atomic mass is 10.3. The Balaban J connectivity index is 0.00000361. The molecule has 20 heavy (non-hydrogen) atoms. The number of halogens is 2. The van der Waals surface area contributed by atoms with Gasteiger partial charge in [0.25, 0.3) is 0 Å². The van der Waals surface area contributed by atoms with Crippen LogP contribution in [0.15, 0.2) is 23.1 Å². The molecule has 0 bridgehead atoms. The molecular formula is C12H20Cl2N2O3S. The summed E-state index contributed by atoms with van der Waals surface area (Å²) < 4.78 is 31.8. The summed E-state index contributed by atoms with van der Waals surface area (Å²) in [4.78, 5) is 0.0537. The highest BCUT2D eigenvalue weighted by atomic mass is 35.5. The van der Waals surface area contributed by atoms with E-state index in [0.29, 0.717) is 18.1 Å². The van der Waals surface area contributed by atoms with E-state index in [4.69, 9.17) is 16.3 Å². The number of hydrogen-bond donors (Lipinski definition) is 2. The average molecular weight is 343 g/mol. The molecule has 2 N–H and O–H groups in total. The Labute approximate surface area is 131 Å². The van der Waals surface area contributed by atoms with E-state index in [0.717, 1.165) is 13.0 Å². The van der Waals surface area contributed by atoms with E-state index in [9.17, 15) is 8.42 Å². The van der Waals surface area contributed by atoms with Gasteiger partial charge >= 0.3 is 0 Å². The van der Waals surface area contributed by atoms with Gasteiger partial charge in [-0.05, 0) is 31.2 Å². The predicted molar refractivity (Wildman–Crippen MR) is 83.6 cm³/mol. The van der Waals surface area contributed by atoms with Crippen LogP contribution in [0.25, 0.3) is 0 Å². The highest BCUT2D eigenvalue weighted by molar-refractivity contribution is 7.89. The van der Waals surface area contributed by atoms with Gasteiger partial charge < -0.3 is 10.1 Å². The zero-order valence-corrected chi connectivity index (χ0v) is 13.9. The summed E-state index contributed by atoms with van der Waals surface area (Å²) >= 11 is 5.82. The highest BCUT2D eigenvalue weighted by Crippen LogP contribution is 2.26. The number of sulfonamides is 1. The molecule has 116 valence electrons. The molecule has 0 saturated heterocycles. The van der Waals surface area contributed by atoms with Crippen molar-refractivity contribution in [3.8, 4) is 5.75 Å². The lowest BCUT2D eigenvalue weighted by Gasteiger charge is -2.11. The topological polar surface area (TPSA) is 67.4 Å². The Hall–Kier alpha value is -0.530. The quantitative estimate of drug-likeness (QED) is 0.709. The molecule has 1 aromatic rings. The van der Waals surface area contributed by atoms with Crippen LogP contribution in [0, 0.1) is 0 Å². The van der Waals surface area contributed by atoms with Gasteiger partial charge in [-0.2, -0.15) is 0 Å². The minimum Gasteiger partial charge on any atom is -0.495 e. The van der Waals surface area contributed by atoms with Gasteiger partial charge in [0.05, 0.1) is 7.11 Å². The van der Waals surface area contributed by atoms with Crippen LogP contribution in [-0.4, -0.2) is 35.2 Å². The summed E-state index contributed by atoms with van der Waals surface area (Å²) in [7, 11) is -2.19. The van der Waals surface area contributed by atoms with Gasteiger partial charge in [0, 0.05) is 18.1 Å². The monoisotopic (exact) mass is 342 g/mol. The van der Waals surface area contributed by atoms with Crippen LogP contribution in [0.1, 0.15) is 13.3 Å². The Kier molecular flexibility index (Phi) is 9.16. The second-order valence-electron chi connectivity index (χ2n) is 3.94. The predicted octanol–water partition coefficient (Wildman–Crippen LogP) is 2.05. The number of benzene rings is 1. The maximum absolute atomic E-state index is 12.1. The first-order valence-electron chi connectivity index (χ1n) is 6.05. The third-order valence-corrected chi connectivity index (χ3v) is 4.15. The van der Waals surface area contributed by atoms with Gasteiger partial charge in [-0.1, -0.05) is 18.5 Å². The van der Waals surface area contributed by atoms with Crippen molar-refractivity contribution in [3.05, 3.63) is 23.2 Å². The molecule has 0 aliphatic heterocycles. The van der Waals surface area contributed by atoms with Crippen LogP contribution >= 0.6 is 24.0 Å². The van der Waals surface area contributed by atoms with Crippen molar-refractivity contribution in [3.63, 3.8) is 0 Å². The molecule has 8 heteroatoms. The largest absolute Gasteiger partial charge is 0.495 e. The second-order valence-corrected chi connectivity index (χ2v) is 6.11. The van der Waals surface area contributed by atoms with Crippen LogP contribution in [-0.2, 0) is 10.0 Å². The van der Waals surface area contributed by atoms with E-state index in [1.54, 1.807) is 6.07 Å². The molecule has 0 fully saturated rings. The van der Waals surface area contributed by atoms with Gasteiger partial charge in [0.2, 0.25) is 10.0 Å². The van der Waals surface area contributed by atoms with Gasteiger partial charge in [-0.25, -0.2) is 13.1 Å². The van der Waals surface area contributed by atoms with Crippen molar-refractivity contribution in [2.24, 2.45) is 0 Å². The van der Waals surface area contributed by atoms with Crippen LogP contribution in [0.4, 0.5) is 0 Å². The number of ether oxygens (including phenoxy) is 1. The number of methoxy groups -OCH3 is 1. The van der Waals surface area contributed by atoms with Crippen LogP contribution in [0.2, 0.25) is 5.02 Å². The van der Waals surface area contributed by atoms with E-state index < -0.39 is 10.0 Å². The van der Waals surface area contributed by atoms with Crippen molar-refractivity contribution in [1.82, 2.24) is 10.0 Å². The molecule has 0 aromatic heterocycles. The Morgan fingerprint density at radius 3 is 2.55 bits per heavy atom. The lowest BCUT2D eigenvalue weighted by Crippen LogP contribution is -2.32. The van der Waals surface area contributed by atoms with Crippen molar-refractivity contribution < 1.29 is 13.2 Å². The molecule has 0 unspecified atom stereocenters. The van der Waals surface area contributed by atoms with Crippen LogP contribution < -0.4 is 14.8 Å². The molecule has 1 rings (SSSR count). The standard InChI is InChI=1S/C12H19ClN2O3S.ClH/c1-3-6-14-7-8-15-19(16,17)12-9-10(13)4-5-11(12)18-2;/h4-5,9,14-15H,3,6-8H2,1-2H3;1H.